The summed E-state index contributed by atoms with van der Waals surface area (Å²) in [6, 6.07) is 4.78. The van der Waals surface area contributed by atoms with Crippen LogP contribution in [0.4, 0.5) is 0 Å². The van der Waals surface area contributed by atoms with Crippen LogP contribution in [0.2, 0.25) is 5.02 Å². The molecular formula is C11H10BrClO3. The molecule has 0 aromatic heterocycles. The number of hydrogen-bond acceptors (Lipinski definition) is 3. The van der Waals surface area contributed by atoms with Crippen LogP contribution in [0.1, 0.15) is 15.9 Å². The summed E-state index contributed by atoms with van der Waals surface area (Å²) in [4.78, 5) is 22.5. The van der Waals surface area contributed by atoms with Gasteiger partial charge >= 0.3 is 5.97 Å². The van der Waals surface area contributed by atoms with Gasteiger partial charge in [0.2, 0.25) is 0 Å². The number of carbonyl (C=O) groups is 2. The maximum absolute atomic E-state index is 11.3. The third-order valence-corrected chi connectivity index (χ3v) is 2.77. The van der Waals surface area contributed by atoms with Crippen molar-refractivity contribution in [3.63, 3.8) is 0 Å². The van der Waals surface area contributed by atoms with Gasteiger partial charge in [0.05, 0.1) is 18.0 Å². The highest BCUT2D eigenvalue weighted by Gasteiger charge is 2.10. The number of halogens is 2. The van der Waals surface area contributed by atoms with Gasteiger partial charge in [-0.2, -0.15) is 0 Å². The van der Waals surface area contributed by atoms with Crippen molar-refractivity contribution in [2.24, 2.45) is 0 Å². The summed E-state index contributed by atoms with van der Waals surface area (Å²) in [7, 11) is 1.30. The van der Waals surface area contributed by atoms with Crippen molar-refractivity contribution >= 4 is 39.3 Å². The van der Waals surface area contributed by atoms with Crippen LogP contribution < -0.4 is 0 Å². The number of carbonyl (C=O) groups excluding carboxylic acids is 2. The highest BCUT2D eigenvalue weighted by Crippen LogP contribution is 2.16. The molecule has 0 bridgehead atoms. The molecular weight excluding hydrogens is 295 g/mol. The third-order valence-electron chi connectivity index (χ3n) is 1.93. The van der Waals surface area contributed by atoms with Crippen LogP contribution in [0, 0.1) is 0 Å². The zero-order valence-corrected chi connectivity index (χ0v) is 11.0. The van der Waals surface area contributed by atoms with E-state index in [9.17, 15) is 9.59 Å². The van der Waals surface area contributed by atoms with Gasteiger partial charge in [-0.05, 0) is 23.8 Å². The molecule has 0 aliphatic heterocycles. The predicted octanol–water partition coefficient (Wildman–Crippen LogP) is 2.63. The molecule has 0 fully saturated rings. The summed E-state index contributed by atoms with van der Waals surface area (Å²) in [6.45, 7) is 0. The molecule has 1 aromatic carbocycles. The molecule has 0 atom stereocenters. The Morgan fingerprint density at radius 2 is 2.06 bits per heavy atom. The van der Waals surface area contributed by atoms with Crippen molar-refractivity contribution in [2.45, 2.75) is 6.42 Å². The standard InChI is InChI=1S/C11H10BrClO3/c1-16-11(15)8-2-7(3-9(13)5-8)4-10(14)6-12/h2-3,5H,4,6H2,1H3. The Morgan fingerprint density at radius 3 is 2.62 bits per heavy atom. The van der Waals surface area contributed by atoms with Gasteiger partial charge in [0.25, 0.3) is 0 Å². The largest absolute Gasteiger partial charge is 0.465 e. The molecule has 0 N–H and O–H groups in total. The van der Waals surface area contributed by atoms with Crippen LogP contribution >= 0.6 is 27.5 Å². The van der Waals surface area contributed by atoms with Gasteiger partial charge in [-0.15, -0.1) is 0 Å². The summed E-state index contributed by atoms with van der Waals surface area (Å²) >= 11 is 8.92. The van der Waals surface area contributed by atoms with Crippen molar-refractivity contribution in [1.29, 1.82) is 0 Å². The molecule has 3 nitrogen and oxygen atoms in total. The topological polar surface area (TPSA) is 43.4 Å². The predicted molar refractivity (Wildman–Crippen MR) is 65.3 cm³/mol. The quantitative estimate of drug-likeness (QED) is 0.634. The molecule has 0 spiro atoms. The smallest absolute Gasteiger partial charge is 0.337 e. The summed E-state index contributed by atoms with van der Waals surface area (Å²) in [6.07, 6.45) is 0.246. The molecule has 0 unspecified atom stereocenters. The molecule has 0 saturated carbocycles. The fraction of sp³-hybridized carbons (Fsp3) is 0.273. The molecule has 0 saturated heterocycles. The first kappa shape index (κ1) is 13.2. The van der Waals surface area contributed by atoms with Gasteiger partial charge in [-0.1, -0.05) is 27.5 Å². The Kier molecular flexibility index (Phi) is 4.96. The second-order valence-corrected chi connectivity index (χ2v) is 4.19. The molecule has 0 aliphatic rings. The summed E-state index contributed by atoms with van der Waals surface area (Å²) < 4.78 is 4.59. The fourth-order valence-electron chi connectivity index (χ4n) is 1.26. The third kappa shape index (κ3) is 3.61. The van der Waals surface area contributed by atoms with E-state index in [4.69, 9.17) is 11.6 Å². The lowest BCUT2D eigenvalue weighted by atomic mass is 10.1. The van der Waals surface area contributed by atoms with Gasteiger partial charge in [0.1, 0.15) is 5.78 Å². The Hall–Kier alpha value is -0.870. The lowest BCUT2D eigenvalue weighted by Crippen LogP contribution is -2.06. The number of esters is 1. The Balaban J connectivity index is 2.98. The molecule has 0 aliphatic carbocycles. The minimum atomic E-state index is -0.463. The first-order chi connectivity index (χ1) is 7.56. The van der Waals surface area contributed by atoms with Crippen LogP contribution in [-0.4, -0.2) is 24.2 Å². The fourth-order valence-corrected chi connectivity index (χ4v) is 1.72. The number of rotatable bonds is 4. The summed E-state index contributed by atoms with van der Waals surface area (Å²) in [5.41, 5.74) is 1.06. The SMILES string of the molecule is COC(=O)c1cc(Cl)cc(CC(=O)CBr)c1. The first-order valence-corrected chi connectivity index (χ1v) is 6.02. The highest BCUT2D eigenvalue weighted by molar-refractivity contribution is 9.09. The van der Waals surface area contributed by atoms with Crippen molar-refractivity contribution in [2.75, 3.05) is 12.4 Å². The van der Waals surface area contributed by atoms with Crippen LogP contribution in [0.15, 0.2) is 18.2 Å². The van der Waals surface area contributed by atoms with Crippen LogP contribution in [0.3, 0.4) is 0 Å². The number of methoxy groups -OCH3 is 1. The Morgan fingerprint density at radius 1 is 1.38 bits per heavy atom. The Labute approximate surface area is 107 Å². The number of Topliss-reactive ketones (excluding diaryl/α,β-unsaturated/α-hetero) is 1. The van der Waals surface area contributed by atoms with Gasteiger partial charge in [0, 0.05) is 11.4 Å². The second kappa shape index (κ2) is 6.01. The van der Waals surface area contributed by atoms with Crippen LogP contribution in [0.25, 0.3) is 0 Å². The average molecular weight is 306 g/mol. The molecule has 0 amide bonds. The van der Waals surface area contributed by atoms with Gasteiger partial charge in [-0.3, -0.25) is 4.79 Å². The normalized spacial score (nSPS) is 9.94. The number of ether oxygens (including phenoxy) is 1. The van der Waals surface area contributed by atoms with E-state index in [2.05, 4.69) is 20.7 Å². The molecule has 5 heteroatoms. The van der Waals surface area contributed by atoms with E-state index in [1.165, 1.54) is 13.2 Å². The van der Waals surface area contributed by atoms with Gasteiger partial charge in [0.15, 0.2) is 0 Å². The van der Waals surface area contributed by atoms with Crippen molar-refractivity contribution in [1.82, 2.24) is 0 Å². The lowest BCUT2D eigenvalue weighted by Gasteiger charge is -2.04. The van der Waals surface area contributed by atoms with E-state index in [0.29, 0.717) is 16.1 Å². The molecule has 86 valence electrons. The Bertz CT molecular complexity index is 418. The monoisotopic (exact) mass is 304 g/mol. The van der Waals surface area contributed by atoms with E-state index >= 15 is 0 Å². The maximum Gasteiger partial charge on any atom is 0.337 e. The second-order valence-electron chi connectivity index (χ2n) is 3.19. The van der Waals surface area contributed by atoms with Crippen LogP contribution in [-0.2, 0) is 16.0 Å². The number of benzene rings is 1. The summed E-state index contributed by atoms with van der Waals surface area (Å²) in [5, 5.41) is 0.702. The van der Waals surface area contributed by atoms with Crippen LogP contribution in [0.5, 0.6) is 0 Å². The molecule has 1 rings (SSSR count). The van der Waals surface area contributed by atoms with E-state index in [0.717, 1.165) is 0 Å². The lowest BCUT2D eigenvalue weighted by molar-refractivity contribution is -0.115. The minimum absolute atomic E-state index is 0.0260. The molecule has 16 heavy (non-hydrogen) atoms. The van der Waals surface area contributed by atoms with Crippen molar-refractivity contribution in [3.05, 3.63) is 34.3 Å². The van der Waals surface area contributed by atoms with E-state index < -0.39 is 5.97 Å². The van der Waals surface area contributed by atoms with E-state index in [1.807, 2.05) is 0 Å². The number of hydrogen-bond donors (Lipinski definition) is 0. The molecule has 0 heterocycles. The average Bonchev–Trinajstić information content (AvgIpc) is 2.27. The zero-order valence-electron chi connectivity index (χ0n) is 8.63. The van der Waals surface area contributed by atoms with E-state index in [1.54, 1.807) is 12.1 Å². The minimum Gasteiger partial charge on any atom is -0.465 e. The van der Waals surface area contributed by atoms with Gasteiger partial charge < -0.3 is 4.74 Å². The summed E-state index contributed by atoms with van der Waals surface area (Å²) in [5.74, 6) is -0.437. The van der Waals surface area contributed by atoms with E-state index in [-0.39, 0.29) is 17.5 Å². The van der Waals surface area contributed by atoms with Crippen molar-refractivity contribution < 1.29 is 14.3 Å². The zero-order chi connectivity index (χ0) is 12.1. The first-order valence-electron chi connectivity index (χ1n) is 4.52. The van der Waals surface area contributed by atoms with Gasteiger partial charge in [-0.25, -0.2) is 4.79 Å². The number of ketones is 1. The molecule has 1 aromatic rings. The highest BCUT2D eigenvalue weighted by atomic mass is 79.9. The van der Waals surface area contributed by atoms with Crippen molar-refractivity contribution in [3.8, 4) is 0 Å². The maximum atomic E-state index is 11.3. The number of alkyl halides is 1. The molecule has 0 radical (unpaired) electrons.